The minimum absolute atomic E-state index is 0.00208. The Kier molecular flexibility index (Phi) is 6.44. The molecule has 3 aromatic rings. The van der Waals surface area contributed by atoms with Crippen molar-refractivity contribution in [3.63, 3.8) is 0 Å². The van der Waals surface area contributed by atoms with Gasteiger partial charge < -0.3 is 21.7 Å². The third kappa shape index (κ3) is 5.45. The summed E-state index contributed by atoms with van der Waals surface area (Å²) in [5.41, 5.74) is 8.89. The molecule has 0 atom stereocenters. The second-order valence-electron chi connectivity index (χ2n) is 6.71. The highest BCUT2D eigenvalue weighted by Crippen LogP contribution is 2.16. The second kappa shape index (κ2) is 9.38. The van der Waals surface area contributed by atoms with E-state index in [0.29, 0.717) is 22.6 Å². The summed E-state index contributed by atoms with van der Waals surface area (Å²) in [4.78, 5) is 35.9. The molecule has 0 aromatic heterocycles. The van der Waals surface area contributed by atoms with Crippen LogP contribution in [0, 0.1) is 6.92 Å². The first-order valence-electron chi connectivity index (χ1n) is 9.33. The number of para-hydroxylation sites is 1. The maximum Gasteiger partial charge on any atom is 0.255 e. The van der Waals surface area contributed by atoms with E-state index in [1.165, 1.54) is 0 Å². The molecule has 0 unspecified atom stereocenters. The Labute approximate surface area is 174 Å². The molecule has 0 bridgehead atoms. The van der Waals surface area contributed by atoms with Crippen molar-refractivity contribution in [2.45, 2.75) is 6.92 Å². The van der Waals surface area contributed by atoms with Crippen LogP contribution in [0.25, 0.3) is 0 Å². The van der Waals surface area contributed by atoms with Crippen LogP contribution in [0.1, 0.15) is 26.3 Å². The number of amides is 3. The molecule has 0 fully saturated rings. The number of benzene rings is 3. The molecule has 0 saturated carbocycles. The zero-order valence-electron chi connectivity index (χ0n) is 16.4. The first-order chi connectivity index (χ1) is 14.4. The van der Waals surface area contributed by atoms with Crippen LogP contribution < -0.4 is 21.7 Å². The van der Waals surface area contributed by atoms with Gasteiger partial charge in [0, 0.05) is 16.9 Å². The average Bonchev–Trinajstić information content (AvgIpc) is 2.73. The zero-order chi connectivity index (χ0) is 21.5. The number of nitrogens with two attached hydrogens (primary N) is 1. The summed E-state index contributed by atoms with van der Waals surface area (Å²) in [5.74, 6) is -1.12. The van der Waals surface area contributed by atoms with E-state index in [9.17, 15) is 14.4 Å². The molecule has 0 aliphatic heterocycles. The molecular formula is C23H22N4O3. The number of rotatable bonds is 7. The van der Waals surface area contributed by atoms with Crippen molar-refractivity contribution >= 4 is 34.8 Å². The zero-order valence-corrected chi connectivity index (χ0v) is 16.4. The first-order valence-corrected chi connectivity index (χ1v) is 9.33. The smallest absolute Gasteiger partial charge is 0.255 e. The van der Waals surface area contributed by atoms with Crippen LogP contribution in [0.15, 0.2) is 72.8 Å². The van der Waals surface area contributed by atoms with Gasteiger partial charge in [-0.05, 0) is 55.5 Å². The maximum absolute atomic E-state index is 12.3. The van der Waals surface area contributed by atoms with Gasteiger partial charge in [0.15, 0.2) is 0 Å². The van der Waals surface area contributed by atoms with E-state index < -0.39 is 5.91 Å². The molecule has 152 valence electrons. The minimum Gasteiger partial charge on any atom is -0.376 e. The van der Waals surface area contributed by atoms with E-state index in [4.69, 9.17) is 5.73 Å². The molecule has 3 rings (SSSR count). The highest BCUT2D eigenvalue weighted by atomic mass is 16.2. The third-order valence-corrected chi connectivity index (χ3v) is 4.34. The van der Waals surface area contributed by atoms with Crippen molar-refractivity contribution in [2.24, 2.45) is 5.73 Å². The fourth-order valence-electron chi connectivity index (χ4n) is 2.84. The molecular weight excluding hydrogens is 380 g/mol. The number of nitrogens with one attached hydrogen (secondary N) is 3. The molecule has 0 spiro atoms. The van der Waals surface area contributed by atoms with Crippen molar-refractivity contribution < 1.29 is 14.4 Å². The quantitative estimate of drug-likeness (QED) is 0.485. The summed E-state index contributed by atoms with van der Waals surface area (Å²) >= 11 is 0. The standard InChI is InChI=1S/C23H22N4O3/c1-15-5-4-6-16(13-15)23(30)26-18-11-9-17(10-12-18)25-14-21(28)27-20-8-3-2-7-19(20)22(24)29/h2-13,25H,14H2,1H3,(H2,24,29)(H,26,30)(H,27,28). The first kappa shape index (κ1) is 20.6. The fourth-order valence-corrected chi connectivity index (χ4v) is 2.84. The maximum atomic E-state index is 12.3. The van der Waals surface area contributed by atoms with Gasteiger partial charge in [0.1, 0.15) is 0 Å². The van der Waals surface area contributed by atoms with Gasteiger partial charge in [0.2, 0.25) is 5.91 Å². The molecule has 3 amide bonds. The second-order valence-corrected chi connectivity index (χ2v) is 6.71. The molecule has 30 heavy (non-hydrogen) atoms. The van der Waals surface area contributed by atoms with E-state index in [2.05, 4.69) is 16.0 Å². The summed E-state index contributed by atoms with van der Waals surface area (Å²) in [7, 11) is 0. The van der Waals surface area contributed by atoms with Gasteiger partial charge in [-0.25, -0.2) is 0 Å². The summed E-state index contributed by atoms with van der Waals surface area (Å²) in [6.45, 7) is 1.93. The van der Waals surface area contributed by atoms with Crippen molar-refractivity contribution in [2.75, 3.05) is 22.5 Å². The Morgan fingerprint density at radius 1 is 0.833 bits per heavy atom. The largest absolute Gasteiger partial charge is 0.376 e. The molecule has 0 saturated heterocycles. The SMILES string of the molecule is Cc1cccc(C(=O)Nc2ccc(NCC(=O)Nc3ccccc3C(N)=O)cc2)c1. The Morgan fingerprint density at radius 2 is 1.53 bits per heavy atom. The van der Waals surface area contributed by atoms with Crippen LogP contribution in [0.4, 0.5) is 17.1 Å². The highest BCUT2D eigenvalue weighted by Gasteiger charge is 2.10. The predicted octanol–water partition coefficient (Wildman–Crippen LogP) is 3.40. The lowest BCUT2D eigenvalue weighted by Crippen LogP contribution is -2.24. The van der Waals surface area contributed by atoms with Crippen molar-refractivity contribution in [1.29, 1.82) is 0 Å². The van der Waals surface area contributed by atoms with Gasteiger partial charge in [0.05, 0.1) is 17.8 Å². The molecule has 0 aliphatic rings. The normalized spacial score (nSPS) is 10.2. The Hall–Kier alpha value is -4.13. The van der Waals surface area contributed by atoms with Gasteiger partial charge in [-0.15, -0.1) is 0 Å². The van der Waals surface area contributed by atoms with E-state index in [1.807, 2.05) is 25.1 Å². The number of hydrogen-bond donors (Lipinski definition) is 4. The Morgan fingerprint density at radius 3 is 2.23 bits per heavy atom. The molecule has 0 aliphatic carbocycles. The van der Waals surface area contributed by atoms with Gasteiger partial charge in [-0.3, -0.25) is 14.4 Å². The lowest BCUT2D eigenvalue weighted by atomic mass is 10.1. The number of carbonyl (C=O) groups excluding carboxylic acids is 3. The van der Waals surface area contributed by atoms with Crippen LogP contribution in [0.5, 0.6) is 0 Å². The molecule has 0 radical (unpaired) electrons. The predicted molar refractivity (Wildman–Crippen MR) is 118 cm³/mol. The number of anilines is 3. The van der Waals surface area contributed by atoms with E-state index in [0.717, 1.165) is 5.56 Å². The van der Waals surface area contributed by atoms with E-state index in [1.54, 1.807) is 54.6 Å². The lowest BCUT2D eigenvalue weighted by Gasteiger charge is -2.11. The van der Waals surface area contributed by atoms with Gasteiger partial charge in [-0.1, -0.05) is 29.8 Å². The molecule has 7 heteroatoms. The van der Waals surface area contributed by atoms with Gasteiger partial charge >= 0.3 is 0 Å². The minimum atomic E-state index is -0.609. The van der Waals surface area contributed by atoms with Crippen LogP contribution in [-0.2, 0) is 4.79 Å². The van der Waals surface area contributed by atoms with Crippen LogP contribution in [-0.4, -0.2) is 24.3 Å². The topological polar surface area (TPSA) is 113 Å². The highest BCUT2D eigenvalue weighted by molar-refractivity contribution is 6.05. The van der Waals surface area contributed by atoms with E-state index >= 15 is 0 Å². The molecule has 0 heterocycles. The Balaban J connectivity index is 1.54. The number of hydrogen-bond acceptors (Lipinski definition) is 4. The van der Waals surface area contributed by atoms with Crippen LogP contribution in [0.3, 0.4) is 0 Å². The van der Waals surface area contributed by atoms with Gasteiger partial charge in [-0.2, -0.15) is 0 Å². The van der Waals surface area contributed by atoms with E-state index in [-0.39, 0.29) is 23.9 Å². The van der Waals surface area contributed by atoms with Gasteiger partial charge in [0.25, 0.3) is 11.8 Å². The monoisotopic (exact) mass is 402 g/mol. The molecule has 5 N–H and O–H groups in total. The third-order valence-electron chi connectivity index (χ3n) is 4.34. The summed E-state index contributed by atoms with van der Waals surface area (Å²) < 4.78 is 0. The van der Waals surface area contributed by atoms with Crippen LogP contribution >= 0.6 is 0 Å². The number of carbonyl (C=O) groups is 3. The van der Waals surface area contributed by atoms with Crippen molar-refractivity contribution in [3.05, 3.63) is 89.5 Å². The lowest BCUT2D eigenvalue weighted by molar-refractivity contribution is -0.114. The summed E-state index contributed by atoms with van der Waals surface area (Å²) in [5, 5.41) is 8.49. The van der Waals surface area contributed by atoms with Crippen molar-refractivity contribution in [3.8, 4) is 0 Å². The summed E-state index contributed by atoms with van der Waals surface area (Å²) in [6.07, 6.45) is 0. The average molecular weight is 402 g/mol. The van der Waals surface area contributed by atoms with Crippen LogP contribution in [0.2, 0.25) is 0 Å². The molecule has 3 aromatic carbocycles. The Bertz CT molecular complexity index is 1080. The van der Waals surface area contributed by atoms with Crippen molar-refractivity contribution in [1.82, 2.24) is 0 Å². The number of primary amides is 1. The summed E-state index contributed by atoms with van der Waals surface area (Å²) in [6, 6.07) is 20.9. The fraction of sp³-hybridized carbons (Fsp3) is 0.0870. The number of aryl methyl sites for hydroxylation is 1. The molecule has 7 nitrogen and oxygen atoms in total.